The Kier molecular flexibility index (Phi) is 6.12. The van der Waals surface area contributed by atoms with Crippen LogP contribution in [-0.2, 0) is 16.0 Å². The van der Waals surface area contributed by atoms with Crippen LogP contribution in [0.5, 0.6) is 0 Å². The molecule has 0 aromatic carbocycles. The van der Waals surface area contributed by atoms with Crippen LogP contribution in [0.2, 0.25) is 0 Å². The van der Waals surface area contributed by atoms with E-state index in [0.29, 0.717) is 25.3 Å². The molecule has 0 aliphatic carbocycles. The number of morpholine rings is 1. The van der Waals surface area contributed by atoms with Gasteiger partial charge in [0.2, 0.25) is 5.91 Å². The van der Waals surface area contributed by atoms with Gasteiger partial charge in [-0.25, -0.2) is 0 Å². The van der Waals surface area contributed by atoms with Crippen LogP contribution in [0.3, 0.4) is 0 Å². The third-order valence-electron chi connectivity index (χ3n) is 4.97. The van der Waals surface area contributed by atoms with Crippen molar-refractivity contribution in [1.29, 1.82) is 0 Å². The van der Waals surface area contributed by atoms with Crippen molar-refractivity contribution in [2.24, 2.45) is 11.8 Å². The highest BCUT2D eigenvalue weighted by Gasteiger charge is 2.35. The van der Waals surface area contributed by atoms with Gasteiger partial charge in [-0.05, 0) is 12.3 Å². The molecule has 3 rings (SSSR count). The number of ether oxygens (including phenoxy) is 1. The lowest BCUT2D eigenvalue weighted by Crippen LogP contribution is -2.41. The molecular formula is C17H26N4O3. The van der Waals surface area contributed by atoms with E-state index < -0.39 is 0 Å². The lowest BCUT2D eigenvalue weighted by atomic mass is 9.96. The first-order valence-electron chi connectivity index (χ1n) is 8.70. The molecule has 1 amide bonds. The molecule has 2 aliphatic rings. The van der Waals surface area contributed by atoms with Crippen molar-refractivity contribution in [2.45, 2.75) is 12.8 Å². The van der Waals surface area contributed by atoms with Crippen molar-refractivity contribution in [2.75, 3.05) is 52.5 Å². The Morgan fingerprint density at radius 3 is 2.75 bits per heavy atom. The first-order chi connectivity index (χ1) is 11.8. The third-order valence-corrected chi connectivity index (χ3v) is 4.97. The van der Waals surface area contributed by atoms with Gasteiger partial charge in [-0.3, -0.25) is 19.7 Å². The minimum Gasteiger partial charge on any atom is -0.396 e. The molecule has 2 saturated heterocycles. The molecule has 0 spiro atoms. The van der Waals surface area contributed by atoms with Crippen LogP contribution in [0.25, 0.3) is 0 Å². The van der Waals surface area contributed by atoms with Gasteiger partial charge in [0, 0.05) is 70.3 Å². The average Bonchev–Trinajstić information content (AvgIpc) is 3.04. The Morgan fingerprint density at radius 1 is 1.25 bits per heavy atom. The maximum absolute atomic E-state index is 12.5. The van der Waals surface area contributed by atoms with E-state index in [1.807, 2.05) is 4.90 Å². The quantitative estimate of drug-likeness (QED) is 0.777. The molecule has 0 radical (unpaired) electrons. The van der Waals surface area contributed by atoms with Crippen LogP contribution in [0, 0.1) is 11.8 Å². The predicted octanol–water partition coefficient (Wildman–Crippen LogP) is -0.192. The van der Waals surface area contributed by atoms with Crippen LogP contribution < -0.4 is 0 Å². The molecule has 24 heavy (non-hydrogen) atoms. The minimum absolute atomic E-state index is 0.142. The van der Waals surface area contributed by atoms with Gasteiger partial charge in [0.15, 0.2) is 0 Å². The normalized spacial score (nSPS) is 25.1. The van der Waals surface area contributed by atoms with E-state index in [4.69, 9.17) is 4.74 Å². The Morgan fingerprint density at radius 2 is 2.04 bits per heavy atom. The molecule has 2 fully saturated rings. The molecule has 3 heterocycles. The first-order valence-corrected chi connectivity index (χ1v) is 8.70. The second kappa shape index (κ2) is 8.50. The topological polar surface area (TPSA) is 78.8 Å². The summed E-state index contributed by atoms with van der Waals surface area (Å²) in [7, 11) is 0. The van der Waals surface area contributed by atoms with E-state index in [9.17, 15) is 9.90 Å². The fourth-order valence-corrected chi connectivity index (χ4v) is 3.52. The number of aliphatic hydroxyl groups excluding tert-OH is 1. The number of aliphatic hydroxyl groups is 1. The van der Waals surface area contributed by atoms with Gasteiger partial charge < -0.3 is 14.7 Å². The van der Waals surface area contributed by atoms with Gasteiger partial charge in [-0.2, -0.15) is 0 Å². The highest BCUT2D eigenvalue weighted by atomic mass is 16.5. The predicted molar refractivity (Wildman–Crippen MR) is 88.3 cm³/mol. The number of rotatable bonds is 6. The Labute approximate surface area is 142 Å². The molecule has 1 N–H and O–H groups in total. The van der Waals surface area contributed by atoms with Gasteiger partial charge in [-0.1, -0.05) is 0 Å². The maximum Gasteiger partial charge on any atom is 0.222 e. The highest BCUT2D eigenvalue weighted by Crippen LogP contribution is 2.25. The van der Waals surface area contributed by atoms with Crippen LogP contribution in [0.15, 0.2) is 18.6 Å². The zero-order chi connectivity index (χ0) is 16.8. The minimum atomic E-state index is 0.142. The fourth-order valence-electron chi connectivity index (χ4n) is 3.52. The zero-order valence-electron chi connectivity index (χ0n) is 14.0. The molecule has 7 heteroatoms. The number of aromatic nitrogens is 2. The Hall–Kier alpha value is -1.57. The summed E-state index contributed by atoms with van der Waals surface area (Å²) in [5, 5.41) is 9.67. The standard InChI is InChI=1S/C17H26N4O3/c22-13-15-12-21(11-14(15)10-20-5-7-24-8-6-20)17(23)2-1-16-9-18-3-4-19-16/h3-4,9,14-15,22H,1-2,5-8,10-13H2. The maximum atomic E-state index is 12.5. The van der Waals surface area contributed by atoms with Gasteiger partial charge in [0.05, 0.1) is 18.9 Å². The molecule has 0 saturated carbocycles. The molecule has 0 bridgehead atoms. The Balaban J connectivity index is 1.50. The lowest BCUT2D eigenvalue weighted by Gasteiger charge is -2.30. The summed E-state index contributed by atoms with van der Waals surface area (Å²) >= 11 is 0. The van der Waals surface area contributed by atoms with E-state index in [1.165, 1.54) is 0 Å². The number of likely N-dealkylation sites (tertiary alicyclic amines) is 1. The number of amides is 1. The molecule has 2 aliphatic heterocycles. The number of aryl methyl sites for hydroxylation is 1. The van der Waals surface area contributed by atoms with Crippen molar-refractivity contribution >= 4 is 5.91 Å². The third kappa shape index (κ3) is 4.49. The first kappa shape index (κ1) is 17.3. The SMILES string of the molecule is O=C(CCc1cnccn1)N1CC(CO)C(CN2CCOCC2)C1. The summed E-state index contributed by atoms with van der Waals surface area (Å²) in [6.45, 7) is 5.90. The number of nitrogens with zero attached hydrogens (tertiary/aromatic N) is 4. The molecule has 1 aromatic rings. The van der Waals surface area contributed by atoms with Crippen molar-refractivity contribution < 1.29 is 14.6 Å². The van der Waals surface area contributed by atoms with Crippen LogP contribution in [0.4, 0.5) is 0 Å². The molecule has 132 valence electrons. The smallest absolute Gasteiger partial charge is 0.222 e. The van der Waals surface area contributed by atoms with E-state index in [1.54, 1.807) is 18.6 Å². The summed E-state index contributed by atoms with van der Waals surface area (Å²) in [6.07, 6.45) is 6.04. The Bertz CT molecular complexity index is 522. The zero-order valence-corrected chi connectivity index (χ0v) is 14.0. The number of carbonyl (C=O) groups excluding carboxylic acids is 1. The molecule has 7 nitrogen and oxygen atoms in total. The number of carbonyl (C=O) groups is 1. The van der Waals surface area contributed by atoms with Crippen molar-refractivity contribution in [3.05, 3.63) is 24.3 Å². The van der Waals surface area contributed by atoms with Crippen molar-refractivity contribution in [3.8, 4) is 0 Å². The monoisotopic (exact) mass is 334 g/mol. The molecular weight excluding hydrogens is 308 g/mol. The van der Waals surface area contributed by atoms with Crippen molar-refractivity contribution in [3.63, 3.8) is 0 Å². The van der Waals surface area contributed by atoms with E-state index in [2.05, 4.69) is 14.9 Å². The number of hydrogen-bond acceptors (Lipinski definition) is 6. The van der Waals surface area contributed by atoms with Crippen molar-refractivity contribution in [1.82, 2.24) is 19.8 Å². The summed E-state index contributed by atoms with van der Waals surface area (Å²) in [5.74, 6) is 0.658. The van der Waals surface area contributed by atoms with E-state index in [0.717, 1.165) is 45.1 Å². The summed E-state index contributed by atoms with van der Waals surface area (Å²) < 4.78 is 5.38. The fraction of sp³-hybridized carbons (Fsp3) is 0.706. The van der Waals surface area contributed by atoms with Crippen LogP contribution in [-0.4, -0.2) is 83.3 Å². The summed E-state index contributed by atoms with van der Waals surface area (Å²) in [5.41, 5.74) is 0.841. The lowest BCUT2D eigenvalue weighted by molar-refractivity contribution is -0.130. The largest absolute Gasteiger partial charge is 0.396 e. The van der Waals surface area contributed by atoms with E-state index in [-0.39, 0.29) is 18.4 Å². The highest BCUT2D eigenvalue weighted by molar-refractivity contribution is 5.76. The molecule has 1 aromatic heterocycles. The van der Waals surface area contributed by atoms with Crippen LogP contribution in [0.1, 0.15) is 12.1 Å². The summed E-state index contributed by atoms with van der Waals surface area (Å²) in [6, 6.07) is 0. The van der Waals surface area contributed by atoms with Crippen LogP contribution >= 0.6 is 0 Å². The molecule has 2 atom stereocenters. The summed E-state index contributed by atoms with van der Waals surface area (Å²) in [4.78, 5) is 25.0. The van der Waals surface area contributed by atoms with Gasteiger partial charge in [0.25, 0.3) is 0 Å². The number of hydrogen-bond donors (Lipinski definition) is 1. The van der Waals surface area contributed by atoms with Gasteiger partial charge in [-0.15, -0.1) is 0 Å². The average molecular weight is 334 g/mol. The second-order valence-corrected chi connectivity index (χ2v) is 6.61. The van der Waals surface area contributed by atoms with E-state index >= 15 is 0 Å². The molecule has 2 unspecified atom stereocenters. The van der Waals surface area contributed by atoms with Gasteiger partial charge >= 0.3 is 0 Å². The van der Waals surface area contributed by atoms with Gasteiger partial charge in [0.1, 0.15) is 0 Å². The second-order valence-electron chi connectivity index (χ2n) is 6.61.